The van der Waals surface area contributed by atoms with Crippen molar-refractivity contribution < 1.29 is 18.3 Å². The van der Waals surface area contributed by atoms with Crippen LogP contribution < -0.4 is 10.6 Å². The minimum Gasteiger partial charge on any atom is -0.444 e. The first-order valence-electron chi connectivity index (χ1n) is 5.29. The molecule has 1 aliphatic rings. The van der Waals surface area contributed by atoms with Crippen molar-refractivity contribution in [3.8, 4) is 0 Å². The molecular weight excluding hydrogens is 218 g/mol. The number of hydrogen-bond donors (Lipinski definition) is 2. The molecule has 0 aromatic carbocycles. The Bertz CT molecular complexity index is 264. The molecule has 94 valence electrons. The van der Waals surface area contributed by atoms with Gasteiger partial charge in [0.25, 0.3) is 5.92 Å². The Morgan fingerprint density at radius 3 is 2.62 bits per heavy atom. The average Bonchev–Trinajstić information content (AvgIpc) is 2.05. The van der Waals surface area contributed by atoms with Crippen LogP contribution in [-0.2, 0) is 4.74 Å². The number of rotatable bonds is 1. The molecule has 1 aliphatic heterocycles. The number of hydrogen-bond acceptors (Lipinski definition) is 3. The third-order valence-electron chi connectivity index (χ3n) is 2.18. The van der Waals surface area contributed by atoms with E-state index < -0.39 is 23.7 Å². The number of ether oxygens (including phenoxy) is 1. The van der Waals surface area contributed by atoms with Gasteiger partial charge in [0.2, 0.25) is 0 Å². The molecule has 0 aliphatic carbocycles. The van der Waals surface area contributed by atoms with E-state index in [0.717, 1.165) is 0 Å². The van der Waals surface area contributed by atoms with Crippen molar-refractivity contribution in [2.75, 3.05) is 13.1 Å². The summed E-state index contributed by atoms with van der Waals surface area (Å²) in [5.74, 6) is -2.87. The van der Waals surface area contributed by atoms with E-state index in [-0.39, 0.29) is 19.5 Å². The molecular formula is C10H18F2N2O2. The maximum absolute atomic E-state index is 13.4. The van der Waals surface area contributed by atoms with Crippen molar-refractivity contribution in [1.82, 2.24) is 10.6 Å². The van der Waals surface area contributed by atoms with Crippen LogP contribution in [0.4, 0.5) is 13.6 Å². The lowest BCUT2D eigenvalue weighted by Crippen LogP contribution is -2.58. The zero-order valence-electron chi connectivity index (χ0n) is 9.77. The van der Waals surface area contributed by atoms with Crippen LogP contribution >= 0.6 is 0 Å². The molecule has 4 nitrogen and oxygen atoms in total. The number of nitrogens with one attached hydrogen (secondary N) is 2. The normalized spacial score (nSPS) is 24.9. The Kier molecular flexibility index (Phi) is 3.72. The van der Waals surface area contributed by atoms with E-state index in [1.807, 2.05) is 0 Å². The van der Waals surface area contributed by atoms with Crippen molar-refractivity contribution in [1.29, 1.82) is 0 Å². The van der Waals surface area contributed by atoms with Gasteiger partial charge in [0.1, 0.15) is 11.6 Å². The van der Waals surface area contributed by atoms with Gasteiger partial charge in [0.15, 0.2) is 0 Å². The highest BCUT2D eigenvalue weighted by Gasteiger charge is 2.42. The smallest absolute Gasteiger partial charge is 0.408 e. The topological polar surface area (TPSA) is 50.4 Å². The van der Waals surface area contributed by atoms with E-state index in [4.69, 9.17) is 4.74 Å². The zero-order chi connectivity index (χ0) is 12.4. The van der Waals surface area contributed by atoms with Crippen LogP contribution in [0.15, 0.2) is 0 Å². The van der Waals surface area contributed by atoms with Crippen LogP contribution in [0.1, 0.15) is 27.2 Å². The molecule has 1 saturated heterocycles. The largest absolute Gasteiger partial charge is 0.444 e. The van der Waals surface area contributed by atoms with E-state index >= 15 is 0 Å². The third-order valence-corrected chi connectivity index (χ3v) is 2.18. The van der Waals surface area contributed by atoms with Gasteiger partial charge in [0.05, 0.1) is 0 Å². The van der Waals surface area contributed by atoms with E-state index in [9.17, 15) is 13.6 Å². The first-order chi connectivity index (χ1) is 7.21. The standard InChI is InChI=1S/C10H18F2N2O2/c1-9(2,3)16-8(15)14-7-6-13-5-4-10(7,11)12/h7,13H,4-6H2,1-3H3,(H,14,15)/t7-/m0/s1. The first-order valence-corrected chi connectivity index (χ1v) is 5.29. The SMILES string of the molecule is CC(C)(C)OC(=O)N[C@H]1CNCCC1(F)F. The number of amides is 1. The molecule has 0 spiro atoms. The highest BCUT2D eigenvalue weighted by Crippen LogP contribution is 2.25. The minimum absolute atomic E-state index is 0.0617. The fourth-order valence-corrected chi connectivity index (χ4v) is 1.43. The molecule has 0 aromatic heterocycles. The number of piperidine rings is 1. The molecule has 1 fully saturated rings. The molecule has 1 rings (SSSR count). The second-order valence-corrected chi connectivity index (χ2v) is 4.91. The van der Waals surface area contributed by atoms with E-state index in [0.29, 0.717) is 0 Å². The van der Waals surface area contributed by atoms with Gasteiger partial charge in [-0.3, -0.25) is 0 Å². The minimum atomic E-state index is -2.87. The number of alkyl halides is 2. The number of carbonyl (C=O) groups is 1. The van der Waals surface area contributed by atoms with Crippen molar-refractivity contribution in [3.63, 3.8) is 0 Å². The summed E-state index contributed by atoms with van der Waals surface area (Å²) in [6, 6.07) is -1.20. The summed E-state index contributed by atoms with van der Waals surface area (Å²) in [5, 5.41) is 5.00. The van der Waals surface area contributed by atoms with Crippen molar-refractivity contribution >= 4 is 6.09 Å². The van der Waals surface area contributed by atoms with Crippen molar-refractivity contribution in [3.05, 3.63) is 0 Å². The maximum Gasteiger partial charge on any atom is 0.408 e. The van der Waals surface area contributed by atoms with Crippen LogP contribution in [0.3, 0.4) is 0 Å². The molecule has 0 aromatic rings. The molecule has 1 amide bonds. The molecule has 1 heterocycles. The van der Waals surface area contributed by atoms with Crippen molar-refractivity contribution in [2.45, 2.75) is 44.8 Å². The summed E-state index contributed by atoms with van der Waals surface area (Å²) < 4.78 is 31.6. The van der Waals surface area contributed by atoms with Crippen LogP contribution in [0.2, 0.25) is 0 Å². The predicted octanol–water partition coefficient (Wildman–Crippen LogP) is 1.51. The third kappa shape index (κ3) is 3.92. The van der Waals surface area contributed by atoms with E-state index in [2.05, 4.69) is 10.6 Å². The quantitative estimate of drug-likeness (QED) is 0.725. The summed E-state index contributed by atoms with van der Waals surface area (Å²) in [4.78, 5) is 11.3. The second kappa shape index (κ2) is 4.53. The van der Waals surface area contributed by atoms with Gasteiger partial charge >= 0.3 is 6.09 Å². The molecule has 0 unspecified atom stereocenters. The molecule has 6 heteroatoms. The Morgan fingerprint density at radius 1 is 1.50 bits per heavy atom. The highest BCUT2D eigenvalue weighted by molar-refractivity contribution is 5.68. The monoisotopic (exact) mass is 236 g/mol. The molecule has 1 atom stereocenters. The molecule has 0 radical (unpaired) electrons. The molecule has 0 bridgehead atoms. The number of alkyl carbamates (subject to hydrolysis) is 1. The molecule has 2 N–H and O–H groups in total. The first kappa shape index (κ1) is 13.2. The summed E-state index contributed by atoms with van der Waals surface area (Å²) in [7, 11) is 0. The Balaban J connectivity index is 2.49. The fourth-order valence-electron chi connectivity index (χ4n) is 1.43. The lowest BCUT2D eigenvalue weighted by Gasteiger charge is -2.32. The van der Waals surface area contributed by atoms with Gasteiger partial charge in [-0.15, -0.1) is 0 Å². The summed E-state index contributed by atoms with van der Waals surface area (Å²) in [6.07, 6.45) is -1.08. The van der Waals surface area contributed by atoms with Gasteiger partial charge in [-0.1, -0.05) is 0 Å². The summed E-state index contributed by atoms with van der Waals surface area (Å²) in [6.45, 7) is 5.38. The fraction of sp³-hybridized carbons (Fsp3) is 0.900. The number of halogens is 2. The zero-order valence-corrected chi connectivity index (χ0v) is 9.77. The highest BCUT2D eigenvalue weighted by atomic mass is 19.3. The Labute approximate surface area is 93.7 Å². The molecule has 0 saturated carbocycles. The van der Waals surface area contributed by atoms with Gasteiger partial charge in [-0.2, -0.15) is 0 Å². The van der Waals surface area contributed by atoms with Crippen LogP contribution in [-0.4, -0.2) is 36.7 Å². The molecule has 16 heavy (non-hydrogen) atoms. The maximum atomic E-state index is 13.4. The van der Waals surface area contributed by atoms with Crippen LogP contribution in [0.5, 0.6) is 0 Å². The Morgan fingerprint density at radius 2 is 2.12 bits per heavy atom. The lowest BCUT2D eigenvalue weighted by molar-refractivity contribution is -0.0587. The van der Waals surface area contributed by atoms with E-state index in [1.54, 1.807) is 20.8 Å². The average molecular weight is 236 g/mol. The Hall–Kier alpha value is -0.910. The van der Waals surface area contributed by atoms with Crippen molar-refractivity contribution in [2.24, 2.45) is 0 Å². The van der Waals surface area contributed by atoms with Gasteiger partial charge < -0.3 is 15.4 Å². The van der Waals surface area contributed by atoms with Crippen LogP contribution in [0, 0.1) is 0 Å². The lowest BCUT2D eigenvalue weighted by atomic mass is 10.0. The second-order valence-electron chi connectivity index (χ2n) is 4.91. The van der Waals surface area contributed by atoms with Gasteiger partial charge in [0, 0.05) is 19.5 Å². The summed E-state index contributed by atoms with van der Waals surface area (Å²) >= 11 is 0. The predicted molar refractivity (Wildman–Crippen MR) is 55.6 cm³/mol. The van der Waals surface area contributed by atoms with Gasteiger partial charge in [-0.25, -0.2) is 13.6 Å². The van der Waals surface area contributed by atoms with Crippen LogP contribution in [0.25, 0.3) is 0 Å². The summed E-state index contributed by atoms with van der Waals surface area (Å²) in [5.41, 5.74) is -0.679. The van der Waals surface area contributed by atoms with E-state index in [1.165, 1.54) is 0 Å². The van der Waals surface area contributed by atoms with Gasteiger partial charge in [-0.05, 0) is 20.8 Å². The number of carbonyl (C=O) groups excluding carboxylic acids is 1.